The van der Waals surface area contributed by atoms with E-state index in [-0.39, 0.29) is 11.4 Å². The minimum Gasteiger partial charge on any atom is -0.392 e. The van der Waals surface area contributed by atoms with Crippen LogP contribution in [0.4, 0.5) is 5.69 Å². The second-order valence-electron chi connectivity index (χ2n) is 7.60. The van der Waals surface area contributed by atoms with Crippen LogP contribution in [-0.2, 0) is 10.0 Å². The Morgan fingerprint density at radius 3 is 2.58 bits per heavy atom. The van der Waals surface area contributed by atoms with Crippen LogP contribution in [0.1, 0.15) is 24.6 Å². The highest BCUT2D eigenvalue weighted by Gasteiger charge is 2.29. The van der Waals surface area contributed by atoms with Gasteiger partial charge in [0.1, 0.15) is 0 Å². The third-order valence-electron chi connectivity index (χ3n) is 5.35. The van der Waals surface area contributed by atoms with Crippen molar-refractivity contribution in [1.29, 1.82) is 0 Å². The maximum atomic E-state index is 13.0. The Morgan fingerprint density at radius 2 is 1.81 bits per heavy atom. The summed E-state index contributed by atoms with van der Waals surface area (Å²) in [6, 6.07) is 17.7. The Balaban J connectivity index is 1.53. The number of benzene rings is 2. The lowest BCUT2D eigenvalue weighted by molar-refractivity contribution is 0.108. The molecule has 0 spiro atoms. The first-order valence-electron chi connectivity index (χ1n) is 10.2. The van der Waals surface area contributed by atoms with Gasteiger partial charge in [-0.05, 0) is 60.4 Å². The Kier molecular flexibility index (Phi) is 6.33. The molecule has 0 saturated carbocycles. The molecule has 1 aromatic heterocycles. The maximum absolute atomic E-state index is 13.0. The number of nitrogens with one attached hydrogen (secondary N) is 1. The van der Waals surface area contributed by atoms with Crippen molar-refractivity contribution in [2.45, 2.75) is 30.1 Å². The Morgan fingerprint density at radius 1 is 1.03 bits per heavy atom. The van der Waals surface area contributed by atoms with E-state index in [1.807, 2.05) is 36.4 Å². The van der Waals surface area contributed by atoms with Gasteiger partial charge in [0, 0.05) is 36.7 Å². The van der Waals surface area contributed by atoms with E-state index in [0.717, 1.165) is 11.1 Å². The summed E-state index contributed by atoms with van der Waals surface area (Å²) >= 11 is 0. The molecule has 4 rings (SSSR count). The number of β-amino-alcohol motifs (C(OH)–C–C–N with tert-alkyl or cyclic N) is 1. The first kappa shape index (κ1) is 21.5. The molecular formula is C23H25N3O4S. The summed E-state index contributed by atoms with van der Waals surface area (Å²) in [4.78, 5) is 4.13. The van der Waals surface area contributed by atoms with Crippen LogP contribution >= 0.6 is 0 Å². The molecule has 0 aliphatic carbocycles. The molecule has 2 unspecified atom stereocenters. The number of anilines is 1. The topological polar surface area (TPSA) is 103 Å². The van der Waals surface area contributed by atoms with Crippen molar-refractivity contribution in [1.82, 2.24) is 9.29 Å². The minimum atomic E-state index is -3.74. The summed E-state index contributed by atoms with van der Waals surface area (Å²) in [5.41, 5.74) is 3.12. The lowest BCUT2D eigenvalue weighted by atomic mass is 10.1. The standard InChI is InChI=1S/C23H25N3O4S/c27-21-7-3-13-26(16-21)31(29,30)22-8-2-5-19(15-22)23(28)25-20-6-1-4-18(14-20)17-9-11-24-12-10-17/h1-2,4-6,8-12,14-15,21,23,25,27-28H,3,7,13,16H2. The van der Waals surface area contributed by atoms with E-state index in [9.17, 15) is 18.6 Å². The maximum Gasteiger partial charge on any atom is 0.243 e. The van der Waals surface area contributed by atoms with Gasteiger partial charge < -0.3 is 15.5 Å². The second kappa shape index (κ2) is 9.15. The number of hydrogen-bond donors (Lipinski definition) is 3. The van der Waals surface area contributed by atoms with Crippen LogP contribution in [0.2, 0.25) is 0 Å². The van der Waals surface area contributed by atoms with Crippen LogP contribution in [-0.4, -0.2) is 47.1 Å². The zero-order valence-corrected chi connectivity index (χ0v) is 17.7. The van der Waals surface area contributed by atoms with Crippen molar-refractivity contribution in [2.24, 2.45) is 0 Å². The van der Waals surface area contributed by atoms with Gasteiger partial charge in [0.05, 0.1) is 11.0 Å². The van der Waals surface area contributed by atoms with Crippen molar-refractivity contribution in [3.05, 3.63) is 78.6 Å². The molecule has 1 aliphatic rings. The van der Waals surface area contributed by atoms with Gasteiger partial charge in [0.15, 0.2) is 6.23 Å². The number of nitrogens with zero attached hydrogens (tertiary/aromatic N) is 2. The third-order valence-corrected chi connectivity index (χ3v) is 7.21. The molecule has 162 valence electrons. The van der Waals surface area contributed by atoms with E-state index in [1.165, 1.54) is 16.4 Å². The molecule has 31 heavy (non-hydrogen) atoms. The predicted molar refractivity (Wildman–Crippen MR) is 119 cm³/mol. The van der Waals surface area contributed by atoms with Crippen molar-refractivity contribution < 1.29 is 18.6 Å². The highest BCUT2D eigenvalue weighted by molar-refractivity contribution is 7.89. The van der Waals surface area contributed by atoms with Crippen LogP contribution in [0, 0.1) is 0 Å². The second-order valence-corrected chi connectivity index (χ2v) is 9.53. The van der Waals surface area contributed by atoms with Gasteiger partial charge >= 0.3 is 0 Å². The van der Waals surface area contributed by atoms with Gasteiger partial charge in [-0.3, -0.25) is 4.98 Å². The number of hydrogen-bond acceptors (Lipinski definition) is 6. The molecule has 1 aliphatic heterocycles. The first-order valence-corrected chi connectivity index (χ1v) is 11.6. The molecule has 1 fully saturated rings. The van der Waals surface area contributed by atoms with Gasteiger partial charge in [0.25, 0.3) is 0 Å². The average molecular weight is 440 g/mol. The van der Waals surface area contributed by atoms with E-state index in [1.54, 1.807) is 24.5 Å². The van der Waals surface area contributed by atoms with E-state index in [0.29, 0.717) is 30.6 Å². The molecule has 0 bridgehead atoms. The molecule has 1 saturated heterocycles. The zero-order chi connectivity index (χ0) is 21.8. The number of aliphatic hydroxyl groups is 2. The Hall–Kier alpha value is -2.78. The molecule has 7 nitrogen and oxygen atoms in total. The van der Waals surface area contributed by atoms with E-state index >= 15 is 0 Å². The van der Waals surface area contributed by atoms with Crippen molar-refractivity contribution in [3.8, 4) is 11.1 Å². The lowest BCUT2D eigenvalue weighted by Crippen LogP contribution is -2.42. The monoisotopic (exact) mass is 439 g/mol. The van der Waals surface area contributed by atoms with Gasteiger partial charge in [-0.15, -0.1) is 0 Å². The molecule has 2 atom stereocenters. The average Bonchev–Trinajstić information content (AvgIpc) is 2.80. The van der Waals surface area contributed by atoms with Crippen LogP contribution in [0.5, 0.6) is 0 Å². The van der Waals surface area contributed by atoms with Gasteiger partial charge in [-0.1, -0.05) is 24.3 Å². The molecule has 0 radical (unpaired) electrons. The van der Waals surface area contributed by atoms with Crippen molar-refractivity contribution in [3.63, 3.8) is 0 Å². The van der Waals surface area contributed by atoms with Crippen LogP contribution < -0.4 is 5.32 Å². The van der Waals surface area contributed by atoms with Crippen LogP contribution in [0.3, 0.4) is 0 Å². The number of piperidine rings is 1. The lowest BCUT2D eigenvalue weighted by Gasteiger charge is -2.29. The Labute approximate surface area is 182 Å². The third kappa shape index (κ3) is 4.94. The molecule has 0 amide bonds. The summed E-state index contributed by atoms with van der Waals surface area (Å²) in [6.45, 7) is 0.474. The van der Waals surface area contributed by atoms with Gasteiger partial charge in [-0.2, -0.15) is 4.31 Å². The van der Waals surface area contributed by atoms with Crippen molar-refractivity contribution >= 4 is 15.7 Å². The zero-order valence-electron chi connectivity index (χ0n) is 16.9. The van der Waals surface area contributed by atoms with Crippen LogP contribution in [0.25, 0.3) is 11.1 Å². The SMILES string of the molecule is O=S(=O)(c1cccc(C(O)Nc2cccc(-c3ccncc3)c2)c1)N1CCCC(O)C1. The van der Waals surface area contributed by atoms with E-state index < -0.39 is 22.4 Å². The van der Waals surface area contributed by atoms with Gasteiger partial charge in [0.2, 0.25) is 10.0 Å². The highest BCUT2D eigenvalue weighted by atomic mass is 32.2. The van der Waals surface area contributed by atoms with Crippen LogP contribution in [0.15, 0.2) is 78.0 Å². The highest BCUT2D eigenvalue weighted by Crippen LogP contribution is 2.27. The number of sulfonamides is 1. The molecule has 2 aromatic carbocycles. The van der Waals surface area contributed by atoms with Gasteiger partial charge in [-0.25, -0.2) is 8.42 Å². The van der Waals surface area contributed by atoms with E-state index in [4.69, 9.17) is 0 Å². The fourth-order valence-electron chi connectivity index (χ4n) is 3.71. The summed E-state index contributed by atoms with van der Waals surface area (Å²) in [7, 11) is -3.74. The molecule has 3 N–H and O–H groups in total. The number of rotatable bonds is 6. The largest absolute Gasteiger partial charge is 0.392 e. The Bertz CT molecular complexity index is 1140. The summed E-state index contributed by atoms with van der Waals surface area (Å²) in [6.07, 6.45) is 2.93. The minimum absolute atomic E-state index is 0.0924. The number of pyridine rings is 1. The summed E-state index contributed by atoms with van der Waals surface area (Å²) < 4.78 is 27.3. The fourth-order valence-corrected chi connectivity index (χ4v) is 5.28. The predicted octanol–water partition coefficient (Wildman–Crippen LogP) is 3.00. The first-order chi connectivity index (χ1) is 14.9. The summed E-state index contributed by atoms with van der Waals surface area (Å²) in [5.74, 6) is 0. The molecule has 2 heterocycles. The molecule has 3 aromatic rings. The fraction of sp³-hybridized carbons (Fsp3) is 0.261. The van der Waals surface area contributed by atoms with Crippen molar-refractivity contribution in [2.75, 3.05) is 18.4 Å². The number of aromatic nitrogens is 1. The molecular weight excluding hydrogens is 414 g/mol. The molecule has 8 heteroatoms. The number of aliphatic hydroxyl groups excluding tert-OH is 2. The van der Waals surface area contributed by atoms with E-state index in [2.05, 4.69) is 10.3 Å². The quantitative estimate of drug-likeness (QED) is 0.510. The summed E-state index contributed by atoms with van der Waals surface area (Å²) in [5, 5.41) is 23.6. The smallest absolute Gasteiger partial charge is 0.243 e. The normalized spacial score (nSPS) is 18.5.